The molecule has 24 heavy (non-hydrogen) atoms. The monoisotopic (exact) mass is 445 g/mol. The standard InChI is InChI=1S/C19H13Br2NO2/c1-12(23)24-17-4-2-3-14(9-17)18(21)11-16-8-6-13-5-7-15(20)10-19(13)22-16/h2-11H,1H3/b18-11+. The highest BCUT2D eigenvalue weighted by atomic mass is 79.9. The number of nitrogens with zero attached hydrogens (tertiary/aromatic N) is 1. The number of fused-ring (bicyclic) bond motifs is 1. The molecule has 0 radical (unpaired) electrons. The quantitative estimate of drug-likeness (QED) is 0.376. The Morgan fingerprint density at radius 2 is 1.92 bits per heavy atom. The number of hydrogen-bond donors (Lipinski definition) is 0. The fourth-order valence-corrected chi connectivity index (χ4v) is 3.10. The normalized spacial score (nSPS) is 11.5. The Bertz CT molecular complexity index is 951. The number of aromatic nitrogens is 1. The van der Waals surface area contributed by atoms with Crippen LogP contribution in [0.25, 0.3) is 21.5 Å². The van der Waals surface area contributed by atoms with Crippen molar-refractivity contribution in [1.29, 1.82) is 0 Å². The summed E-state index contributed by atoms with van der Waals surface area (Å²) in [6.45, 7) is 1.38. The second-order valence-electron chi connectivity index (χ2n) is 5.19. The van der Waals surface area contributed by atoms with E-state index in [1.807, 2.05) is 48.5 Å². The Kier molecular flexibility index (Phi) is 5.11. The Morgan fingerprint density at radius 1 is 1.12 bits per heavy atom. The molecular formula is C19H13Br2NO2. The maximum Gasteiger partial charge on any atom is 0.308 e. The molecule has 0 aliphatic carbocycles. The van der Waals surface area contributed by atoms with E-state index in [2.05, 4.69) is 36.8 Å². The van der Waals surface area contributed by atoms with E-state index in [4.69, 9.17) is 4.74 Å². The molecule has 2 aromatic carbocycles. The molecule has 0 saturated carbocycles. The van der Waals surface area contributed by atoms with Gasteiger partial charge in [0.25, 0.3) is 0 Å². The van der Waals surface area contributed by atoms with Crippen LogP contribution in [0.15, 0.2) is 59.1 Å². The minimum absolute atomic E-state index is 0.339. The first-order chi connectivity index (χ1) is 11.5. The molecule has 3 nitrogen and oxygen atoms in total. The fourth-order valence-electron chi connectivity index (χ4n) is 2.27. The van der Waals surface area contributed by atoms with Crippen LogP contribution in [0.3, 0.4) is 0 Å². The van der Waals surface area contributed by atoms with Gasteiger partial charge in [0, 0.05) is 21.3 Å². The summed E-state index contributed by atoms with van der Waals surface area (Å²) >= 11 is 7.04. The lowest BCUT2D eigenvalue weighted by Crippen LogP contribution is -2.01. The topological polar surface area (TPSA) is 39.2 Å². The molecule has 0 unspecified atom stereocenters. The van der Waals surface area contributed by atoms with Crippen molar-refractivity contribution in [3.8, 4) is 5.75 Å². The van der Waals surface area contributed by atoms with Crippen molar-refractivity contribution >= 4 is 59.3 Å². The fraction of sp³-hybridized carbons (Fsp3) is 0.0526. The highest BCUT2D eigenvalue weighted by molar-refractivity contribution is 9.15. The molecule has 0 atom stereocenters. The predicted molar refractivity (Wildman–Crippen MR) is 104 cm³/mol. The molecule has 1 heterocycles. The molecule has 0 aliphatic heterocycles. The van der Waals surface area contributed by atoms with Gasteiger partial charge in [0.05, 0.1) is 11.2 Å². The molecule has 0 fully saturated rings. The van der Waals surface area contributed by atoms with Crippen LogP contribution in [0.1, 0.15) is 18.2 Å². The second kappa shape index (κ2) is 7.28. The Morgan fingerprint density at radius 3 is 2.71 bits per heavy atom. The molecule has 0 amide bonds. The molecular weight excluding hydrogens is 434 g/mol. The van der Waals surface area contributed by atoms with E-state index in [-0.39, 0.29) is 5.97 Å². The third-order valence-electron chi connectivity index (χ3n) is 3.32. The van der Waals surface area contributed by atoms with Crippen LogP contribution in [0.2, 0.25) is 0 Å². The van der Waals surface area contributed by atoms with Gasteiger partial charge in [0.2, 0.25) is 0 Å². The number of pyridine rings is 1. The SMILES string of the molecule is CC(=O)Oc1cccc(/C(Br)=C\c2ccc3ccc(Br)cc3n2)c1. The highest BCUT2D eigenvalue weighted by Crippen LogP contribution is 2.27. The van der Waals surface area contributed by atoms with E-state index < -0.39 is 0 Å². The molecule has 3 rings (SSSR count). The lowest BCUT2D eigenvalue weighted by molar-refractivity contribution is -0.131. The number of carbonyl (C=O) groups excluding carboxylic acids is 1. The summed E-state index contributed by atoms with van der Waals surface area (Å²) in [4.78, 5) is 15.7. The zero-order chi connectivity index (χ0) is 17.1. The van der Waals surface area contributed by atoms with Gasteiger partial charge in [-0.3, -0.25) is 4.79 Å². The molecule has 0 bridgehead atoms. The van der Waals surface area contributed by atoms with Gasteiger partial charge in [-0.25, -0.2) is 4.98 Å². The molecule has 1 aromatic heterocycles. The zero-order valence-electron chi connectivity index (χ0n) is 12.8. The summed E-state index contributed by atoms with van der Waals surface area (Å²) in [5.41, 5.74) is 2.67. The van der Waals surface area contributed by atoms with Crippen LogP contribution in [-0.4, -0.2) is 11.0 Å². The summed E-state index contributed by atoms with van der Waals surface area (Å²) in [7, 11) is 0. The molecule has 120 valence electrons. The minimum Gasteiger partial charge on any atom is -0.427 e. The van der Waals surface area contributed by atoms with Crippen molar-refractivity contribution in [3.05, 3.63) is 70.3 Å². The van der Waals surface area contributed by atoms with Gasteiger partial charge < -0.3 is 4.74 Å². The average Bonchev–Trinajstić information content (AvgIpc) is 2.54. The van der Waals surface area contributed by atoms with Gasteiger partial charge in [-0.15, -0.1) is 0 Å². The highest BCUT2D eigenvalue weighted by Gasteiger charge is 2.04. The third-order valence-corrected chi connectivity index (χ3v) is 4.50. The first kappa shape index (κ1) is 16.9. The van der Waals surface area contributed by atoms with Crippen LogP contribution >= 0.6 is 31.9 Å². The lowest BCUT2D eigenvalue weighted by Gasteiger charge is -2.05. The van der Waals surface area contributed by atoms with Gasteiger partial charge in [0.15, 0.2) is 0 Å². The van der Waals surface area contributed by atoms with E-state index >= 15 is 0 Å². The van der Waals surface area contributed by atoms with Crippen LogP contribution in [-0.2, 0) is 4.79 Å². The molecule has 0 N–H and O–H groups in total. The Balaban J connectivity index is 1.94. The summed E-state index contributed by atoms with van der Waals surface area (Å²) in [6, 6.07) is 17.3. The molecule has 5 heteroatoms. The first-order valence-corrected chi connectivity index (χ1v) is 8.82. The number of ether oxygens (including phenoxy) is 1. The van der Waals surface area contributed by atoms with Crippen LogP contribution in [0.5, 0.6) is 5.75 Å². The lowest BCUT2D eigenvalue weighted by atomic mass is 10.1. The average molecular weight is 447 g/mol. The van der Waals surface area contributed by atoms with Crippen molar-refractivity contribution in [2.24, 2.45) is 0 Å². The molecule has 0 saturated heterocycles. The van der Waals surface area contributed by atoms with Crippen LogP contribution in [0, 0.1) is 0 Å². The summed E-state index contributed by atoms with van der Waals surface area (Å²) in [5.74, 6) is 0.176. The number of rotatable bonds is 3. The summed E-state index contributed by atoms with van der Waals surface area (Å²) in [5, 5.41) is 1.09. The summed E-state index contributed by atoms with van der Waals surface area (Å²) < 4.78 is 6.97. The van der Waals surface area contributed by atoms with Crippen molar-refractivity contribution in [3.63, 3.8) is 0 Å². The Hall–Kier alpha value is -1.98. The molecule has 0 spiro atoms. The van der Waals surface area contributed by atoms with Gasteiger partial charge in [-0.1, -0.05) is 56.1 Å². The number of halogens is 2. The predicted octanol–water partition coefficient (Wildman–Crippen LogP) is 5.82. The minimum atomic E-state index is -0.339. The molecule has 0 aliphatic rings. The number of benzene rings is 2. The molecule has 3 aromatic rings. The third kappa shape index (κ3) is 4.10. The van der Waals surface area contributed by atoms with Crippen molar-refractivity contribution < 1.29 is 9.53 Å². The maximum atomic E-state index is 11.1. The van der Waals surface area contributed by atoms with E-state index in [0.29, 0.717) is 5.75 Å². The number of hydrogen-bond acceptors (Lipinski definition) is 3. The number of carbonyl (C=O) groups is 1. The Labute approximate surface area is 156 Å². The summed E-state index contributed by atoms with van der Waals surface area (Å²) in [6.07, 6.45) is 1.94. The van der Waals surface area contributed by atoms with Gasteiger partial charge >= 0.3 is 5.97 Å². The maximum absolute atomic E-state index is 11.1. The van der Waals surface area contributed by atoms with E-state index in [9.17, 15) is 4.79 Å². The van der Waals surface area contributed by atoms with Gasteiger partial charge in [0.1, 0.15) is 5.75 Å². The van der Waals surface area contributed by atoms with Gasteiger partial charge in [-0.05, 0) is 42.0 Å². The van der Waals surface area contributed by atoms with E-state index in [1.165, 1.54) is 6.92 Å². The zero-order valence-corrected chi connectivity index (χ0v) is 16.0. The first-order valence-electron chi connectivity index (χ1n) is 7.23. The van der Waals surface area contributed by atoms with Crippen LogP contribution < -0.4 is 4.74 Å². The second-order valence-corrected chi connectivity index (χ2v) is 6.96. The smallest absolute Gasteiger partial charge is 0.308 e. The van der Waals surface area contributed by atoms with Crippen molar-refractivity contribution in [1.82, 2.24) is 4.98 Å². The van der Waals surface area contributed by atoms with Crippen LogP contribution in [0.4, 0.5) is 0 Å². The van der Waals surface area contributed by atoms with E-state index in [1.54, 1.807) is 12.1 Å². The van der Waals surface area contributed by atoms with E-state index in [0.717, 1.165) is 31.1 Å². The van der Waals surface area contributed by atoms with Gasteiger partial charge in [-0.2, -0.15) is 0 Å². The van der Waals surface area contributed by atoms with Crippen molar-refractivity contribution in [2.75, 3.05) is 0 Å². The number of esters is 1. The largest absolute Gasteiger partial charge is 0.427 e. The van der Waals surface area contributed by atoms with Crippen molar-refractivity contribution in [2.45, 2.75) is 6.92 Å².